The summed E-state index contributed by atoms with van der Waals surface area (Å²) in [6.07, 6.45) is 6.99. The van der Waals surface area contributed by atoms with E-state index in [1.165, 1.54) is 29.7 Å². The van der Waals surface area contributed by atoms with Crippen LogP contribution < -0.4 is 0 Å². The third-order valence-electron chi connectivity index (χ3n) is 3.68. The molecule has 0 heterocycles. The van der Waals surface area contributed by atoms with Gasteiger partial charge in [0.05, 0.1) is 6.61 Å². The summed E-state index contributed by atoms with van der Waals surface area (Å²) in [5, 5.41) is 8.39. The smallest absolute Gasteiger partial charge is 0.211 e. The van der Waals surface area contributed by atoms with Crippen molar-refractivity contribution in [3.8, 4) is 0 Å². The second kappa shape index (κ2) is 14.9. The highest BCUT2D eigenvalue weighted by Gasteiger charge is 2.05. The first-order valence-corrected chi connectivity index (χ1v) is 8.49. The van der Waals surface area contributed by atoms with E-state index in [9.17, 15) is 4.79 Å². The number of aliphatic hydroxyl groups excluding tert-OH is 1. The summed E-state index contributed by atoms with van der Waals surface area (Å²) in [6, 6.07) is 10.3. The predicted octanol–water partition coefficient (Wildman–Crippen LogP) is 3.79. The van der Waals surface area contributed by atoms with E-state index in [2.05, 4.69) is 43.7 Å². The van der Waals surface area contributed by atoms with E-state index in [1.807, 2.05) is 18.2 Å². The molecule has 0 saturated carbocycles. The molecule has 1 aliphatic carbocycles. The molecule has 1 N–H and O–H groups in total. The molecule has 24 heavy (non-hydrogen) atoms. The Morgan fingerprint density at radius 1 is 1.29 bits per heavy atom. The number of nitrogens with zero attached hydrogens (tertiary/aromatic N) is 1. The second-order valence-electron chi connectivity index (χ2n) is 6.14. The van der Waals surface area contributed by atoms with Gasteiger partial charge in [0, 0.05) is 13.7 Å². The number of benzene rings is 1. The van der Waals surface area contributed by atoms with Crippen LogP contribution >= 0.6 is 0 Å². The summed E-state index contributed by atoms with van der Waals surface area (Å²) < 4.78 is 4.66. The van der Waals surface area contributed by atoms with Gasteiger partial charge in [-0.25, -0.2) is 0 Å². The molecule has 4 heteroatoms. The van der Waals surface area contributed by atoms with Crippen LogP contribution in [-0.2, 0) is 9.53 Å². The standard InChI is InChI=1S/C8H14.C7H8.C5H11NO3/c1-7-4-3-5-8(2)6-7;1-7-5-3-2-4-6-7;1-9-3-2-6(4-7)5-8/h4,8H,3,5-6H2,1-2H3;2-6H,1H3;4,8H,2-3,5H2,1H3. The van der Waals surface area contributed by atoms with Crippen molar-refractivity contribution in [3.05, 3.63) is 47.5 Å². The Bertz CT molecular complexity index is 445. The zero-order valence-electron chi connectivity index (χ0n) is 15.6. The third kappa shape index (κ3) is 12.9. The fourth-order valence-corrected chi connectivity index (χ4v) is 2.25. The Morgan fingerprint density at radius 3 is 2.29 bits per heavy atom. The molecule has 0 radical (unpaired) electrons. The highest BCUT2D eigenvalue weighted by molar-refractivity contribution is 5.46. The molecule has 1 atom stereocenters. The molecular formula is C20H33NO3. The van der Waals surface area contributed by atoms with Crippen molar-refractivity contribution in [2.45, 2.75) is 40.0 Å². The summed E-state index contributed by atoms with van der Waals surface area (Å²) in [6.45, 7) is 7.30. The molecule has 1 aliphatic rings. The SMILES string of the molecule is CC1=CCCC(C)C1.COCCN(C=O)CO.Cc1ccccc1. The lowest BCUT2D eigenvalue weighted by molar-refractivity contribution is -0.122. The van der Waals surface area contributed by atoms with Gasteiger partial charge in [0.25, 0.3) is 0 Å². The number of ether oxygens (including phenoxy) is 1. The topological polar surface area (TPSA) is 49.8 Å². The van der Waals surface area contributed by atoms with Crippen molar-refractivity contribution < 1.29 is 14.6 Å². The largest absolute Gasteiger partial charge is 0.383 e. The summed E-state index contributed by atoms with van der Waals surface area (Å²) in [5.41, 5.74) is 2.91. The number of carbonyl (C=O) groups is 1. The maximum atomic E-state index is 9.95. The molecule has 1 unspecified atom stereocenters. The van der Waals surface area contributed by atoms with Crippen LogP contribution in [0.4, 0.5) is 0 Å². The third-order valence-corrected chi connectivity index (χ3v) is 3.68. The van der Waals surface area contributed by atoms with Gasteiger partial charge in [-0.1, -0.05) is 54.5 Å². The number of hydrogen-bond donors (Lipinski definition) is 1. The van der Waals surface area contributed by atoms with Crippen molar-refractivity contribution in [2.24, 2.45) is 5.92 Å². The molecule has 0 aromatic heterocycles. The molecular weight excluding hydrogens is 302 g/mol. The maximum absolute atomic E-state index is 9.95. The fourth-order valence-electron chi connectivity index (χ4n) is 2.25. The Labute approximate surface area is 147 Å². The minimum absolute atomic E-state index is 0.243. The van der Waals surface area contributed by atoms with Gasteiger partial charge in [-0.3, -0.25) is 4.79 Å². The lowest BCUT2D eigenvalue weighted by Gasteiger charge is -2.15. The van der Waals surface area contributed by atoms with E-state index in [4.69, 9.17) is 5.11 Å². The van der Waals surface area contributed by atoms with Gasteiger partial charge in [0.1, 0.15) is 6.73 Å². The molecule has 0 saturated heterocycles. The minimum atomic E-state index is -0.243. The van der Waals surface area contributed by atoms with Gasteiger partial charge in [0.15, 0.2) is 0 Å². The van der Waals surface area contributed by atoms with Crippen LogP contribution in [0, 0.1) is 12.8 Å². The van der Waals surface area contributed by atoms with Crippen LogP contribution in [0.3, 0.4) is 0 Å². The Morgan fingerprint density at radius 2 is 1.96 bits per heavy atom. The van der Waals surface area contributed by atoms with Crippen LogP contribution in [0.2, 0.25) is 0 Å². The van der Waals surface area contributed by atoms with E-state index in [0.717, 1.165) is 5.92 Å². The van der Waals surface area contributed by atoms with Gasteiger partial charge in [-0.2, -0.15) is 0 Å². The maximum Gasteiger partial charge on any atom is 0.211 e. The Balaban J connectivity index is 0.000000332. The van der Waals surface area contributed by atoms with Crippen molar-refractivity contribution in [2.75, 3.05) is 27.0 Å². The van der Waals surface area contributed by atoms with E-state index >= 15 is 0 Å². The predicted molar refractivity (Wildman–Crippen MR) is 99.7 cm³/mol. The highest BCUT2D eigenvalue weighted by atomic mass is 16.5. The van der Waals surface area contributed by atoms with Gasteiger partial charge >= 0.3 is 0 Å². The number of allylic oxidation sites excluding steroid dienone is 2. The van der Waals surface area contributed by atoms with Crippen molar-refractivity contribution in [3.63, 3.8) is 0 Å². The Hall–Kier alpha value is -1.65. The first kappa shape index (κ1) is 22.4. The van der Waals surface area contributed by atoms with Crippen LogP contribution in [0.15, 0.2) is 42.0 Å². The molecule has 0 spiro atoms. The second-order valence-corrected chi connectivity index (χ2v) is 6.14. The molecule has 1 amide bonds. The van der Waals surface area contributed by atoms with E-state index in [-0.39, 0.29) is 6.73 Å². The van der Waals surface area contributed by atoms with Gasteiger partial charge in [-0.15, -0.1) is 0 Å². The monoisotopic (exact) mass is 335 g/mol. The van der Waals surface area contributed by atoms with Crippen LogP contribution in [0.1, 0.15) is 38.7 Å². The molecule has 2 rings (SSSR count). The highest BCUT2D eigenvalue weighted by Crippen LogP contribution is 2.22. The molecule has 0 bridgehead atoms. The van der Waals surface area contributed by atoms with Gasteiger partial charge < -0.3 is 14.7 Å². The molecule has 136 valence electrons. The van der Waals surface area contributed by atoms with Crippen LogP contribution in [-0.4, -0.2) is 43.4 Å². The molecule has 1 aromatic rings. The van der Waals surface area contributed by atoms with E-state index in [0.29, 0.717) is 19.6 Å². The first-order chi connectivity index (χ1) is 11.5. The molecule has 1 aromatic carbocycles. The average molecular weight is 335 g/mol. The summed E-state index contributed by atoms with van der Waals surface area (Å²) in [4.78, 5) is 11.2. The van der Waals surface area contributed by atoms with Crippen molar-refractivity contribution in [1.29, 1.82) is 0 Å². The van der Waals surface area contributed by atoms with Gasteiger partial charge in [0.2, 0.25) is 6.41 Å². The zero-order valence-corrected chi connectivity index (χ0v) is 15.6. The first-order valence-electron chi connectivity index (χ1n) is 8.49. The van der Waals surface area contributed by atoms with Crippen molar-refractivity contribution in [1.82, 2.24) is 4.90 Å². The summed E-state index contributed by atoms with van der Waals surface area (Å²) in [5.74, 6) is 0.944. The van der Waals surface area contributed by atoms with E-state index < -0.39 is 0 Å². The number of aryl methyl sites for hydroxylation is 1. The summed E-state index contributed by atoms with van der Waals surface area (Å²) >= 11 is 0. The molecule has 0 fully saturated rings. The minimum Gasteiger partial charge on any atom is -0.383 e. The number of hydrogen-bond acceptors (Lipinski definition) is 3. The number of rotatable bonds is 5. The van der Waals surface area contributed by atoms with E-state index in [1.54, 1.807) is 12.7 Å². The molecule has 0 aliphatic heterocycles. The lowest BCUT2D eigenvalue weighted by atomic mass is 9.91. The van der Waals surface area contributed by atoms with Crippen molar-refractivity contribution >= 4 is 6.41 Å². The number of carbonyl (C=O) groups excluding carboxylic acids is 1. The van der Waals surface area contributed by atoms with Crippen LogP contribution in [0.5, 0.6) is 0 Å². The summed E-state index contributed by atoms with van der Waals surface area (Å²) in [7, 11) is 1.54. The Kier molecular flexibility index (Phi) is 13.9. The zero-order chi connectivity index (χ0) is 18.2. The fraction of sp³-hybridized carbons (Fsp3) is 0.550. The van der Waals surface area contributed by atoms with Crippen LogP contribution in [0.25, 0.3) is 0 Å². The number of methoxy groups -OCH3 is 1. The van der Waals surface area contributed by atoms with Gasteiger partial charge in [-0.05, 0) is 39.0 Å². The number of amides is 1. The normalized spacial score (nSPS) is 15.9. The number of aliphatic hydroxyl groups is 1. The quantitative estimate of drug-likeness (QED) is 0.506. The molecule has 4 nitrogen and oxygen atoms in total. The lowest BCUT2D eigenvalue weighted by Crippen LogP contribution is -2.26. The average Bonchev–Trinajstić information content (AvgIpc) is 2.57.